The van der Waals surface area contributed by atoms with Crippen molar-refractivity contribution >= 4 is 30.0 Å². The van der Waals surface area contributed by atoms with Gasteiger partial charge in [-0.25, -0.2) is 24.0 Å². The number of rotatable bonds is 34. The van der Waals surface area contributed by atoms with Crippen LogP contribution in [0, 0.1) is 0 Å². The van der Waals surface area contributed by atoms with Crippen molar-refractivity contribution in [3.8, 4) is 0 Å². The molecular weight excluding hydrogens is 765 g/mol. The van der Waals surface area contributed by atoms with E-state index in [1.807, 2.05) is 24.3 Å². The first-order chi connectivity index (χ1) is 29.2. The van der Waals surface area contributed by atoms with Gasteiger partial charge in [0.1, 0.15) is 0 Å². The van der Waals surface area contributed by atoms with Crippen molar-refractivity contribution in [3.05, 3.63) is 70.8 Å². The minimum atomic E-state index is -1.60. The molecule has 2 atom stereocenters. The summed E-state index contributed by atoms with van der Waals surface area (Å²) in [6.07, 6.45) is 20.5. The third-order valence-electron chi connectivity index (χ3n) is 10.5. The predicted molar refractivity (Wildman–Crippen MR) is 232 cm³/mol. The van der Waals surface area contributed by atoms with Crippen LogP contribution in [0.1, 0.15) is 214 Å². The number of benzene rings is 2. The average molecular weight is 839 g/mol. The van der Waals surface area contributed by atoms with Crippen LogP contribution in [0.4, 0.5) is 4.79 Å². The molecule has 0 amide bonds. The number of carbonyl (C=O) groups is 5. The van der Waals surface area contributed by atoms with Crippen LogP contribution in [0.15, 0.2) is 48.5 Å². The van der Waals surface area contributed by atoms with Crippen molar-refractivity contribution in [2.24, 2.45) is 0 Å². The monoisotopic (exact) mass is 839 g/mol. The van der Waals surface area contributed by atoms with E-state index in [0.717, 1.165) is 88.2 Å². The summed E-state index contributed by atoms with van der Waals surface area (Å²) in [6.45, 7) is 8.52. The van der Waals surface area contributed by atoms with Crippen LogP contribution in [0.3, 0.4) is 0 Å². The summed E-state index contributed by atoms with van der Waals surface area (Å²) < 4.78 is 9.77. The van der Waals surface area contributed by atoms with Crippen molar-refractivity contribution in [3.63, 3.8) is 0 Å². The summed E-state index contributed by atoms with van der Waals surface area (Å²) in [5.41, 5.74) is 2.59. The minimum Gasteiger partial charge on any atom is -0.358 e. The normalized spacial score (nSPS) is 12.1. The summed E-state index contributed by atoms with van der Waals surface area (Å²) in [6, 6.07) is 13.7. The van der Waals surface area contributed by atoms with Gasteiger partial charge in [0.25, 0.3) is 0 Å². The molecule has 60 heavy (non-hydrogen) atoms. The van der Waals surface area contributed by atoms with E-state index in [1.165, 1.54) is 64.2 Å². The van der Waals surface area contributed by atoms with E-state index >= 15 is 0 Å². The molecule has 0 aliphatic carbocycles. The lowest BCUT2D eigenvalue weighted by Crippen LogP contribution is -2.34. The lowest BCUT2D eigenvalue weighted by molar-refractivity contribution is -0.276. The van der Waals surface area contributed by atoms with Crippen molar-refractivity contribution in [1.29, 1.82) is 0 Å². The van der Waals surface area contributed by atoms with E-state index in [9.17, 15) is 24.0 Å². The largest absolute Gasteiger partial charge is 0.524 e. The maximum atomic E-state index is 13.2. The van der Waals surface area contributed by atoms with Gasteiger partial charge in [-0.15, -0.1) is 0 Å². The molecule has 0 N–H and O–H groups in total. The van der Waals surface area contributed by atoms with E-state index in [4.69, 9.17) is 29.0 Å². The zero-order chi connectivity index (χ0) is 43.6. The van der Waals surface area contributed by atoms with E-state index in [2.05, 4.69) is 27.7 Å². The van der Waals surface area contributed by atoms with E-state index in [0.29, 0.717) is 12.8 Å². The fourth-order valence-electron chi connectivity index (χ4n) is 6.85. The summed E-state index contributed by atoms with van der Waals surface area (Å²) in [4.78, 5) is 85.5. The minimum absolute atomic E-state index is 0.0964. The molecule has 2 unspecified atom stereocenters. The standard InChI is InChI=1S/C49H74O11/c1-5-9-11-13-15-17-19-21-23-25-29-43(57-59-45(50)41-35-31-39(27-7-3)32-36-41)47(52)55-49(54)56-48(53)44(30-26-24-22-20-18-16-14-12-10-6-2)58-60-46(51)42-37-33-40(28-8-4)34-38-42/h31-38,43-44H,5-30H2,1-4H3. The summed E-state index contributed by atoms with van der Waals surface area (Å²) in [5.74, 6) is -3.98. The highest BCUT2D eigenvalue weighted by Crippen LogP contribution is 2.18. The van der Waals surface area contributed by atoms with Gasteiger partial charge in [0.2, 0.25) is 12.2 Å². The highest BCUT2D eigenvalue weighted by Gasteiger charge is 2.31. The molecule has 0 fully saturated rings. The smallest absolute Gasteiger partial charge is 0.358 e. The second kappa shape index (κ2) is 33.6. The summed E-state index contributed by atoms with van der Waals surface area (Å²) in [7, 11) is 0. The number of hydrogen-bond donors (Lipinski definition) is 0. The Balaban J connectivity index is 2.01. The molecule has 0 saturated carbocycles. The van der Waals surface area contributed by atoms with Gasteiger partial charge in [-0.3, -0.25) is 9.78 Å². The molecular formula is C49H74O11. The van der Waals surface area contributed by atoms with Crippen LogP contribution >= 0.6 is 0 Å². The third-order valence-corrected chi connectivity index (χ3v) is 10.5. The molecule has 0 aromatic heterocycles. The molecule has 2 rings (SSSR count). The highest BCUT2D eigenvalue weighted by atomic mass is 17.2. The molecule has 2 aromatic carbocycles. The molecule has 11 nitrogen and oxygen atoms in total. The van der Waals surface area contributed by atoms with Crippen molar-refractivity contribution in [1.82, 2.24) is 0 Å². The van der Waals surface area contributed by atoms with Gasteiger partial charge in [-0.1, -0.05) is 193 Å². The van der Waals surface area contributed by atoms with Crippen LogP contribution in [-0.4, -0.2) is 42.2 Å². The van der Waals surface area contributed by atoms with Gasteiger partial charge in [0.15, 0.2) is 0 Å². The number of carbonyl (C=O) groups excluding carboxylic acids is 5. The second-order valence-corrected chi connectivity index (χ2v) is 15.8. The highest BCUT2D eigenvalue weighted by molar-refractivity contribution is 5.92. The molecule has 11 heteroatoms. The van der Waals surface area contributed by atoms with Gasteiger partial charge in [0, 0.05) is 0 Å². The average Bonchev–Trinajstić information content (AvgIpc) is 3.24. The van der Waals surface area contributed by atoms with Crippen LogP contribution in [-0.2, 0) is 51.5 Å². The topological polar surface area (TPSA) is 141 Å². The molecule has 0 bridgehead atoms. The number of aryl methyl sites for hydroxylation is 2. The predicted octanol–water partition coefficient (Wildman–Crippen LogP) is 13.0. The first-order valence-corrected chi connectivity index (χ1v) is 23.1. The molecule has 336 valence electrons. The lowest BCUT2D eigenvalue weighted by Gasteiger charge is -2.16. The fourth-order valence-corrected chi connectivity index (χ4v) is 6.85. The molecule has 0 aliphatic heterocycles. The number of ether oxygens (including phenoxy) is 2. The Labute approximate surface area is 359 Å². The van der Waals surface area contributed by atoms with Gasteiger partial charge in [0.05, 0.1) is 11.1 Å². The Kier molecular flexibility index (Phi) is 29.2. The number of hydrogen-bond acceptors (Lipinski definition) is 11. The summed E-state index contributed by atoms with van der Waals surface area (Å²) in [5, 5.41) is 0. The van der Waals surface area contributed by atoms with Crippen molar-refractivity contribution in [2.45, 2.75) is 207 Å². The zero-order valence-corrected chi connectivity index (χ0v) is 37.1. The van der Waals surface area contributed by atoms with E-state index in [1.54, 1.807) is 24.3 Å². The lowest BCUT2D eigenvalue weighted by atomic mass is 10.0. The maximum absolute atomic E-state index is 13.2. The first kappa shape index (κ1) is 52.0. The quantitative estimate of drug-likeness (QED) is 0.0219. The SMILES string of the molecule is CCCCCCCCCCCCC(OOC(=O)c1ccc(CCC)cc1)C(=O)OC(=O)OC(=O)C(CCCCCCCCCCCC)OOC(=O)c1ccc(CCC)cc1. The second-order valence-electron chi connectivity index (χ2n) is 15.8. The van der Waals surface area contributed by atoms with E-state index < -0.39 is 42.2 Å². The molecule has 0 heterocycles. The zero-order valence-electron chi connectivity index (χ0n) is 37.1. The van der Waals surface area contributed by atoms with E-state index in [-0.39, 0.29) is 24.0 Å². The van der Waals surface area contributed by atoms with Crippen LogP contribution in [0.25, 0.3) is 0 Å². The molecule has 0 aliphatic rings. The summed E-state index contributed by atoms with van der Waals surface area (Å²) >= 11 is 0. The van der Waals surface area contributed by atoms with Gasteiger partial charge < -0.3 is 9.47 Å². The Morgan fingerprint density at radius 1 is 0.400 bits per heavy atom. The number of unbranched alkanes of at least 4 members (excludes halogenated alkanes) is 18. The Morgan fingerprint density at radius 3 is 1.00 bits per heavy atom. The first-order valence-electron chi connectivity index (χ1n) is 23.1. The molecule has 2 aromatic rings. The van der Waals surface area contributed by atoms with Crippen LogP contribution in [0.5, 0.6) is 0 Å². The Hall–Kier alpha value is -4.09. The van der Waals surface area contributed by atoms with Gasteiger partial charge in [-0.2, -0.15) is 9.78 Å². The van der Waals surface area contributed by atoms with Crippen molar-refractivity contribution < 1.29 is 53.0 Å². The Bertz CT molecular complexity index is 1360. The molecule has 0 spiro atoms. The molecule has 0 radical (unpaired) electrons. The number of esters is 2. The van der Waals surface area contributed by atoms with Gasteiger partial charge >= 0.3 is 30.0 Å². The maximum Gasteiger partial charge on any atom is 0.524 e. The fraction of sp³-hybridized carbons (Fsp3) is 0.653. The van der Waals surface area contributed by atoms with Crippen molar-refractivity contribution in [2.75, 3.05) is 0 Å². The Morgan fingerprint density at radius 2 is 0.700 bits per heavy atom. The third kappa shape index (κ3) is 23.6. The molecule has 0 saturated heterocycles. The van der Waals surface area contributed by atoms with Gasteiger partial charge in [-0.05, 0) is 61.1 Å². The van der Waals surface area contributed by atoms with Crippen LogP contribution < -0.4 is 0 Å². The van der Waals surface area contributed by atoms with Crippen LogP contribution in [0.2, 0.25) is 0 Å².